The van der Waals surface area contributed by atoms with Crippen molar-refractivity contribution in [2.75, 3.05) is 13.7 Å². The summed E-state index contributed by atoms with van der Waals surface area (Å²) < 4.78 is 11.5. The third-order valence-electron chi connectivity index (χ3n) is 5.89. The van der Waals surface area contributed by atoms with E-state index in [-0.39, 0.29) is 11.8 Å². The third kappa shape index (κ3) is 7.60. The highest BCUT2D eigenvalue weighted by Crippen LogP contribution is 2.30. The Kier molecular flexibility index (Phi) is 9.92. The first-order chi connectivity index (χ1) is 17.4. The van der Waals surface area contributed by atoms with Crippen LogP contribution >= 0.6 is 0 Å². The fourth-order valence-corrected chi connectivity index (χ4v) is 3.90. The number of unbranched alkanes of at least 4 members (excludes halogenated alkanes) is 3. The Morgan fingerprint density at radius 1 is 0.778 bits per heavy atom. The van der Waals surface area contributed by atoms with E-state index < -0.39 is 6.17 Å². The first-order valence-corrected chi connectivity index (χ1v) is 12.5. The number of nitrogens with one attached hydrogen (secondary N) is 2. The molecule has 0 aliphatic heterocycles. The van der Waals surface area contributed by atoms with Gasteiger partial charge in [0.1, 0.15) is 6.17 Å². The average molecular weight is 489 g/mol. The van der Waals surface area contributed by atoms with Gasteiger partial charge in [-0.25, -0.2) is 0 Å². The van der Waals surface area contributed by atoms with Crippen molar-refractivity contribution in [3.05, 3.63) is 94.5 Å². The molecule has 3 aromatic carbocycles. The van der Waals surface area contributed by atoms with E-state index in [1.54, 1.807) is 25.3 Å². The summed E-state index contributed by atoms with van der Waals surface area (Å²) in [7, 11) is 1.58. The zero-order chi connectivity index (χ0) is 25.9. The van der Waals surface area contributed by atoms with Crippen molar-refractivity contribution in [3.8, 4) is 11.5 Å². The second-order valence-corrected chi connectivity index (χ2v) is 8.94. The van der Waals surface area contributed by atoms with Crippen molar-refractivity contribution in [1.29, 1.82) is 0 Å². The van der Waals surface area contributed by atoms with Crippen LogP contribution in [0.2, 0.25) is 0 Å². The predicted octanol–water partition coefficient (Wildman–Crippen LogP) is 6.13. The monoisotopic (exact) mass is 488 g/mol. The highest BCUT2D eigenvalue weighted by Gasteiger charge is 2.21. The number of methoxy groups -OCH3 is 1. The lowest BCUT2D eigenvalue weighted by Gasteiger charge is -2.22. The summed E-state index contributed by atoms with van der Waals surface area (Å²) in [6.45, 7) is 6.64. The molecule has 0 fully saturated rings. The van der Waals surface area contributed by atoms with Crippen LogP contribution in [0.3, 0.4) is 0 Å². The minimum Gasteiger partial charge on any atom is -0.493 e. The van der Waals surface area contributed by atoms with Crippen LogP contribution in [0.1, 0.15) is 76.2 Å². The first-order valence-electron chi connectivity index (χ1n) is 12.5. The van der Waals surface area contributed by atoms with Crippen LogP contribution in [0.5, 0.6) is 11.5 Å². The molecule has 0 radical (unpaired) electrons. The number of benzene rings is 3. The molecule has 190 valence electrons. The van der Waals surface area contributed by atoms with Gasteiger partial charge in [0.25, 0.3) is 11.8 Å². The lowest BCUT2D eigenvalue weighted by Crippen LogP contribution is -2.41. The summed E-state index contributed by atoms with van der Waals surface area (Å²) in [6, 6.07) is 20.1. The van der Waals surface area contributed by atoms with Crippen LogP contribution < -0.4 is 20.1 Å². The van der Waals surface area contributed by atoms with Gasteiger partial charge in [0, 0.05) is 11.1 Å². The summed E-state index contributed by atoms with van der Waals surface area (Å²) in [4.78, 5) is 26.2. The molecule has 6 nitrogen and oxygen atoms in total. The molecule has 36 heavy (non-hydrogen) atoms. The zero-order valence-electron chi connectivity index (χ0n) is 21.6. The van der Waals surface area contributed by atoms with Gasteiger partial charge in [-0.15, -0.1) is 0 Å². The number of hydrogen-bond donors (Lipinski definition) is 2. The molecule has 6 heteroatoms. The van der Waals surface area contributed by atoms with Crippen LogP contribution in [-0.4, -0.2) is 25.5 Å². The molecule has 0 saturated carbocycles. The second-order valence-electron chi connectivity index (χ2n) is 8.94. The van der Waals surface area contributed by atoms with Crippen molar-refractivity contribution in [1.82, 2.24) is 10.6 Å². The van der Waals surface area contributed by atoms with E-state index in [9.17, 15) is 9.59 Å². The molecular formula is C30H36N2O4. The highest BCUT2D eigenvalue weighted by atomic mass is 16.5. The average Bonchev–Trinajstić information content (AvgIpc) is 2.88. The molecule has 3 aromatic rings. The van der Waals surface area contributed by atoms with E-state index in [0.717, 1.165) is 24.0 Å². The minimum absolute atomic E-state index is 0.288. The van der Waals surface area contributed by atoms with Gasteiger partial charge in [-0.3, -0.25) is 9.59 Å². The van der Waals surface area contributed by atoms with Crippen LogP contribution in [0.4, 0.5) is 0 Å². The van der Waals surface area contributed by atoms with E-state index in [1.165, 1.54) is 12.8 Å². The number of amides is 2. The fourth-order valence-electron chi connectivity index (χ4n) is 3.90. The Balaban J connectivity index is 1.84. The molecule has 2 N–H and O–H groups in total. The maximum atomic E-state index is 13.1. The summed E-state index contributed by atoms with van der Waals surface area (Å²) in [6.07, 6.45) is 3.67. The van der Waals surface area contributed by atoms with Crippen molar-refractivity contribution < 1.29 is 19.1 Å². The largest absolute Gasteiger partial charge is 0.493 e. The van der Waals surface area contributed by atoms with E-state index in [2.05, 4.69) is 17.6 Å². The van der Waals surface area contributed by atoms with Crippen molar-refractivity contribution in [2.24, 2.45) is 0 Å². The van der Waals surface area contributed by atoms with Gasteiger partial charge in [0.15, 0.2) is 11.5 Å². The maximum Gasteiger partial charge on any atom is 0.253 e. The van der Waals surface area contributed by atoms with Crippen molar-refractivity contribution in [2.45, 2.75) is 52.6 Å². The van der Waals surface area contributed by atoms with Gasteiger partial charge in [0.05, 0.1) is 13.7 Å². The van der Waals surface area contributed by atoms with Gasteiger partial charge in [-0.05, 0) is 62.2 Å². The van der Waals surface area contributed by atoms with Crippen LogP contribution in [0, 0.1) is 13.8 Å². The topological polar surface area (TPSA) is 76.7 Å². The van der Waals surface area contributed by atoms with Gasteiger partial charge < -0.3 is 20.1 Å². The predicted molar refractivity (Wildman–Crippen MR) is 143 cm³/mol. The lowest BCUT2D eigenvalue weighted by molar-refractivity contribution is 0.0883. The third-order valence-corrected chi connectivity index (χ3v) is 5.89. The second kappa shape index (κ2) is 13.3. The molecule has 0 spiro atoms. The Morgan fingerprint density at radius 2 is 1.39 bits per heavy atom. The number of hydrogen-bond acceptors (Lipinski definition) is 4. The Bertz CT molecular complexity index is 1120. The van der Waals surface area contributed by atoms with E-state index in [0.29, 0.717) is 34.8 Å². The van der Waals surface area contributed by atoms with E-state index in [4.69, 9.17) is 9.47 Å². The van der Waals surface area contributed by atoms with Crippen LogP contribution in [-0.2, 0) is 0 Å². The molecule has 2 amide bonds. The standard InChI is InChI=1S/C30H36N2O4/c1-5-6-7-8-17-36-26-16-15-23(20-27(26)35-4)28(31-29(33)24-13-9-11-21(2)18-24)32-30(34)25-14-10-12-22(3)19-25/h9-16,18-20,28H,5-8,17H2,1-4H3,(H,31,33)(H,32,34). The number of carbonyl (C=O) groups excluding carboxylic acids is 2. The Morgan fingerprint density at radius 3 is 1.92 bits per heavy atom. The Labute approximate surface area is 214 Å². The van der Waals surface area contributed by atoms with Crippen molar-refractivity contribution >= 4 is 11.8 Å². The molecule has 0 saturated heterocycles. The number of aryl methyl sites for hydroxylation is 2. The normalized spacial score (nSPS) is 10.7. The number of rotatable bonds is 12. The quantitative estimate of drug-likeness (QED) is 0.238. The first kappa shape index (κ1) is 26.8. The van der Waals surface area contributed by atoms with Crippen molar-refractivity contribution in [3.63, 3.8) is 0 Å². The highest BCUT2D eigenvalue weighted by molar-refractivity contribution is 5.97. The molecule has 0 aliphatic rings. The van der Waals surface area contributed by atoms with Gasteiger partial charge in [0.2, 0.25) is 0 Å². The van der Waals surface area contributed by atoms with Gasteiger partial charge in [-0.2, -0.15) is 0 Å². The minimum atomic E-state index is -0.779. The number of ether oxygens (including phenoxy) is 2. The molecule has 0 bridgehead atoms. The van der Waals surface area contributed by atoms with E-state index in [1.807, 2.05) is 62.4 Å². The Hall–Kier alpha value is -3.80. The summed E-state index contributed by atoms with van der Waals surface area (Å²) in [5, 5.41) is 5.92. The smallest absolute Gasteiger partial charge is 0.253 e. The van der Waals surface area contributed by atoms with E-state index >= 15 is 0 Å². The molecule has 0 unspecified atom stereocenters. The lowest BCUT2D eigenvalue weighted by atomic mass is 10.1. The van der Waals surface area contributed by atoms with Crippen LogP contribution in [0.25, 0.3) is 0 Å². The van der Waals surface area contributed by atoms with Crippen LogP contribution in [0.15, 0.2) is 66.7 Å². The molecule has 0 aliphatic carbocycles. The maximum absolute atomic E-state index is 13.1. The summed E-state index contributed by atoms with van der Waals surface area (Å²) in [5.41, 5.74) is 3.66. The molecule has 0 heterocycles. The molecular weight excluding hydrogens is 452 g/mol. The SMILES string of the molecule is CCCCCCOc1ccc(C(NC(=O)c2cccc(C)c2)NC(=O)c2cccc(C)c2)cc1OC. The molecule has 3 rings (SSSR count). The zero-order valence-corrected chi connectivity index (χ0v) is 21.6. The summed E-state index contributed by atoms with van der Waals surface area (Å²) in [5.74, 6) is 0.598. The molecule has 0 atom stereocenters. The van der Waals surface area contributed by atoms with Gasteiger partial charge in [-0.1, -0.05) is 67.6 Å². The number of carbonyl (C=O) groups is 2. The fraction of sp³-hybridized carbons (Fsp3) is 0.333. The summed E-state index contributed by atoms with van der Waals surface area (Å²) >= 11 is 0. The molecule has 0 aromatic heterocycles. The van der Waals surface area contributed by atoms with Gasteiger partial charge >= 0.3 is 0 Å².